The molecule has 8 nitrogen and oxygen atoms in total. The van der Waals surface area contributed by atoms with Crippen molar-refractivity contribution in [1.29, 1.82) is 0 Å². The monoisotopic (exact) mass is 494 g/mol. The van der Waals surface area contributed by atoms with E-state index in [0.717, 1.165) is 45.2 Å². The van der Waals surface area contributed by atoms with E-state index in [4.69, 9.17) is 13.9 Å². The standard InChI is InChI=1S/C18H30N4O4.HI/c1-2-19-18(21-7-4-10-24-13-15-6-12-25-14-15)22-9-8-20-17(23)16-5-3-11-26-16;/h3,5,11,15H,2,4,6-10,12-14H2,1H3,(H,20,23)(H2,19,21,22);1H. The summed E-state index contributed by atoms with van der Waals surface area (Å²) in [5.74, 6) is 1.39. The Bertz CT molecular complexity index is 533. The first kappa shape index (κ1) is 23.7. The van der Waals surface area contributed by atoms with Crippen molar-refractivity contribution >= 4 is 35.8 Å². The van der Waals surface area contributed by atoms with Gasteiger partial charge in [-0.1, -0.05) is 0 Å². The van der Waals surface area contributed by atoms with Crippen molar-refractivity contribution in [1.82, 2.24) is 16.0 Å². The third-order valence-corrected chi connectivity index (χ3v) is 3.89. The summed E-state index contributed by atoms with van der Waals surface area (Å²) in [6, 6.07) is 3.32. The fourth-order valence-electron chi connectivity index (χ4n) is 2.52. The molecule has 1 saturated heterocycles. The van der Waals surface area contributed by atoms with Crippen molar-refractivity contribution in [3.8, 4) is 0 Å². The average molecular weight is 494 g/mol. The quantitative estimate of drug-likeness (QED) is 0.187. The Hall–Kier alpha value is -1.33. The highest BCUT2D eigenvalue weighted by Crippen LogP contribution is 2.12. The maximum Gasteiger partial charge on any atom is 0.287 e. The summed E-state index contributed by atoms with van der Waals surface area (Å²) < 4.78 is 16.0. The van der Waals surface area contributed by atoms with E-state index in [1.54, 1.807) is 12.1 Å². The van der Waals surface area contributed by atoms with E-state index < -0.39 is 0 Å². The van der Waals surface area contributed by atoms with Crippen LogP contribution in [0.15, 0.2) is 27.8 Å². The number of halogens is 1. The zero-order valence-electron chi connectivity index (χ0n) is 15.9. The van der Waals surface area contributed by atoms with Crippen molar-refractivity contribution in [2.45, 2.75) is 19.8 Å². The van der Waals surface area contributed by atoms with Crippen LogP contribution in [0.4, 0.5) is 0 Å². The summed E-state index contributed by atoms with van der Waals surface area (Å²) in [5, 5.41) is 9.16. The first-order chi connectivity index (χ1) is 12.8. The summed E-state index contributed by atoms with van der Waals surface area (Å²) in [4.78, 5) is 16.3. The van der Waals surface area contributed by atoms with Crippen LogP contribution in [0.3, 0.4) is 0 Å². The molecule has 1 aliphatic rings. The molecule has 0 aromatic carbocycles. The van der Waals surface area contributed by atoms with Gasteiger partial charge in [0.25, 0.3) is 5.91 Å². The van der Waals surface area contributed by atoms with Gasteiger partial charge in [0, 0.05) is 45.3 Å². The van der Waals surface area contributed by atoms with Crippen LogP contribution in [0.25, 0.3) is 0 Å². The smallest absolute Gasteiger partial charge is 0.287 e. The van der Waals surface area contributed by atoms with Gasteiger partial charge in [-0.15, -0.1) is 24.0 Å². The third-order valence-electron chi connectivity index (χ3n) is 3.89. The minimum absolute atomic E-state index is 0. The lowest BCUT2D eigenvalue weighted by Gasteiger charge is -2.12. The Kier molecular flexibility index (Phi) is 12.9. The lowest BCUT2D eigenvalue weighted by atomic mass is 10.1. The van der Waals surface area contributed by atoms with E-state index in [0.29, 0.717) is 37.9 Å². The highest BCUT2D eigenvalue weighted by Gasteiger charge is 2.15. The summed E-state index contributed by atoms with van der Waals surface area (Å²) in [5.41, 5.74) is 0. The van der Waals surface area contributed by atoms with Gasteiger partial charge in [-0.05, 0) is 31.9 Å². The van der Waals surface area contributed by atoms with Gasteiger partial charge in [0.05, 0.1) is 19.5 Å². The first-order valence-electron chi connectivity index (χ1n) is 9.29. The Morgan fingerprint density at radius 2 is 2.19 bits per heavy atom. The Morgan fingerprint density at radius 3 is 2.89 bits per heavy atom. The molecule has 2 rings (SSSR count). The second kappa shape index (κ2) is 14.7. The second-order valence-corrected chi connectivity index (χ2v) is 6.08. The topological polar surface area (TPSA) is 97.1 Å². The summed E-state index contributed by atoms with van der Waals surface area (Å²) in [7, 11) is 0. The molecular formula is C18H31IN4O4. The van der Waals surface area contributed by atoms with Gasteiger partial charge in [0.15, 0.2) is 11.7 Å². The van der Waals surface area contributed by atoms with Gasteiger partial charge in [-0.25, -0.2) is 0 Å². The van der Waals surface area contributed by atoms with Crippen LogP contribution in [0, 0.1) is 5.92 Å². The number of aliphatic imine (C=N–C) groups is 1. The molecule has 1 atom stereocenters. The van der Waals surface area contributed by atoms with E-state index >= 15 is 0 Å². The molecule has 2 heterocycles. The summed E-state index contributed by atoms with van der Waals surface area (Å²) in [6.45, 7) is 7.71. The molecule has 1 aromatic heterocycles. The maximum absolute atomic E-state index is 11.7. The molecule has 154 valence electrons. The zero-order valence-corrected chi connectivity index (χ0v) is 18.2. The zero-order chi connectivity index (χ0) is 18.5. The highest BCUT2D eigenvalue weighted by atomic mass is 127. The molecule has 27 heavy (non-hydrogen) atoms. The van der Waals surface area contributed by atoms with Gasteiger partial charge in [0.1, 0.15) is 0 Å². The number of carbonyl (C=O) groups excluding carboxylic acids is 1. The average Bonchev–Trinajstić information content (AvgIpc) is 3.35. The van der Waals surface area contributed by atoms with Crippen LogP contribution in [-0.4, -0.2) is 64.5 Å². The fourth-order valence-corrected chi connectivity index (χ4v) is 2.52. The predicted octanol–water partition coefficient (Wildman–Crippen LogP) is 1.63. The summed E-state index contributed by atoms with van der Waals surface area (Å²) in [6.07, 6.45) is 3.46. The Labute approximate surface area is 177 Å². The van der Waals surface area contributed by atoms with Crippen molar-refractivity contribution in [3.05, 3.63) is 24.2 Å². The van der Waals surface area contributed by atoms with Crippen molar-refractivity contribution in [2.75, 3.05) is 52.6 Å². The number of hydrogen-bond acceptors (Lipinski definition) is 5. The number of nitrogens with zero attached hydrogens (tertiary/aromatic N) is 1. The molecule has 1 aliphatic heterocycles. The van der Waals surface area contributed by atoms with Gasteiger partial charge in [0.2, 0.25) is 0 Å². The lowest BCUT2D eigenvalue weighted by Crippen LogP contribution is -2.41. The van der Waals surface area contributed by atoms with Crippen LogP contribution in [-0.2, 0) is 9.47 Å². The lowest BCUT2D eigenvalue weighted by molar-refractivity contribution is 0.0893. The fraction of sp³-hybridized carbons (Fsp3) is 0.667. The molecule has 9 heteroatoms. The molecule has 1 amide bonds. The molecule has 0 saturated carbocycles. The number of ether oxygens (including phenoxy) is 2. The van der Waals surface area contributed by atoms with Crippen LogP contribution in [0.5, 0.6) is 0 Å². The number of hydrogen-bond donors (Lipinski definition) is 3. The molecule has 0 spiro atoms. The largest absolute Gasteiger partial charge is 0.459 e. The normalized spacial score (nSPS) is 16.6. The van der Waals surface area contributed by atoms with Gasteiger partial charge < -0.3 is 29.8 Å². The SMILES string of the molecule is CCNC(=NCCCOCC1CCOC1)NCCNC(=O)c1ccco1.I. The number of carbonyl (C=O) groups is 1. The van der Waals surface area contributed by atoms with Crippen LogP contribution in [0.2, 0.25) is 0 Å². The number of rotatable bonds is 11. The molecular weight excluding hydrogens is 463 g/mol. The van der Waals surface area contributed by atoms with E-state index in [1.807, 2.05) is 6.92 Å². The maximum atomic E-state index is 11.7. The van der Waals surface area contributed by atoms with Crippen LogP contribution in [0.1, 0.15) is 30.3 Å². The number of guanidine groups is 1. The van der Waals surface area contributed by atoms with E-state index in [1.165, 1.54) is 6.26 Å². The van der Waals surface area contributed by atoms with Gasteiger partial charge >= 0.3 is 0 Å². The predicted molar refractivity (Wildman–Crippen MR) is 115 cm³/mol. The van der Waals surface area contributed by atoms with Crippen molar-refractivity contribution in [3.63, 3.8) is 0 Å². The molecule has 3 N–H and O–H groups in total. The third kappa shape index (κ3) is 9.96. The highest BCUT2D eigenvalue weighted by molar-refractivity contribution is 14.0. The summed E-state index contributed by atoms with van der Waals surface area (Å²) >= 11 is 0. The number of nitrogens with one attached hydrogen (secondary N) is 3. The van der Waals surface area contributed by atoms with E-state index in [2.05, 4.69) is 20.9 Å². The van der Waals surface area contributed by atoms with Crippen LogP contribution < -0.4 is 16.0 Å². The molecule has 0 radical (unpaired) electrons. The number of furan rings is 1. The minimum Gasteiger partial charge on any atom is -0.459 e. The van der Waals surface area contributed by atoms with E-state index in [-0.39, 0.29) is 29.9 Å². The number of amides is 1. The molecule has 1 aromatic rings. The second-order valence-electron chi connectivity index (χ2n) is 6.08. The Balaban J connectivity index is 0.00000364. The van der Waals surface area contributed by atoms with Gasteiger partial charge in [-0.2, -0.15) is 0 Å². The molecule has 1 unspecified atom stereocenters. The minimum atomic E-state index is -0.219. The first-order valence-corrected chi connectivity index (χ1v) is 9.29. The molecule has 0 bridgehead atoms. The van der Waals surface area contributed by atoms with Crippen molar-refractivity contribution in [2.24, 2.45) is 10.9 Å². The Morgan fingerprint density at radius 1 is 1.33 bits per heavy atom. The van der Waals surface area contributed by atoms with E-state index in [9.17, 15) is 4.79 Å². The molecule has 1 fully saturated rings. The van der Waals surface area contributed by atoms with Crippen LogP contribution >= 0.6 is 24.0 Å². The van der Waals surface area contributed by atoms with Gasteiger partial charge in [-0.3, -0.25) is 9.79 Å². The van der Waals surface area contributed by atoms with Crippen molar-refractivity contribution < 1.29 is 18.7 Å². The molecule has 0 aliphatic carbocycles.